The molecule has 1 fully saturated rings. The molecule has 2 N–H and O–H groups in total. The summed E-state index contributed by atoms with van der Waals surface area (Å²) in [5.74, 6) is -2.53. The van der Waals surface area contributed by atoms with Crippen molar-refractivity contribution in [3.63, 3.8) is 0 Å². The summed E-state index contributed by atoms with van der Waals surface area (Å²) in [4.78, 5) is 0. The van der Waals surface area contributed by atoms with Gasteiger partial charge < -0.3 is 5.73 Å². The molecule has 2 rings (SSSR count). The van der Waals surface area contributed by atoms with E-state index in [9.17, 15) is 8.78 Å². The summed E-state index contributed by atoms with van der Waals surface area (Å²) in [6.07, 6.45) is 0.754. The van der Waals surface area contributed by atoms with Crippen molar-refractivity contribution >= 4 is 0 Å². The number of rotatable bonds is 2. The third kappa shape index (κ3) is 2.05. The van der Waals surface area contributed by atoms with Crippen LogP contribution >= 0.6 is 0 Å². The van der Waals surface area contributed by atoms with Crippen molar-refractivity contribution in [2.24, 2.45) is 12.8 Å². The number of hydrogen-bond acceptors (Lipinski definition) is 2. The molecule has 102 valence electrons. The number of aryl methyl sites for hydroxylation is 2. The van der Waals surface area contributed by atoms with Crippen LogP contribution in [0.1, 0.15) is 42.6 Å². The zero-order valence-corrected chi connectivity index (χ0v) is 11.3. The molecular formula is C13H21F2N3. The number of nitrogens with two attached hydrogens (primary N) is 1. The van der Waals surface area contributed by atoms with Crippen LogP contribution in [0.15, 0.2) is 0 Å². The highest BCUT2D eigenvalue weighted by molar-refractivity contribution is 5.35. The summed E-state index contributed by atoms with van der Waals surface area (Å²) in [5.41, 5.74) is 8.66. The van der Waals surface area contributed by atoms with Gasteiger partial charge >= 0.3 is 0 Å². The van der Waals surface area contributed by atoms with Crippen LogP contribution in [0.25, 0.3) is 0 Å². The maximum Gasteiger partial charge on any atom is 0.248 e. The van der Waals surface area contributed by atoms with Gasteiger partial charge in [-0.2, -0.15) is 5.10 Å². The molecule has 0 spiro atoms. The number of nitrogens with zero attached hydrogens (tertiary/aromatic N) is 2. The molecule has 0 radical (unpaired) electrons. The van der Waals surface area contributed by atoms with Gasteiger partial charge in [0.25, 0.3) is 0 Å². The lowest BCUT2D eigenvalue weighted by Crippen LogP contribution is -2.42. The standard InChI is InChI=1S/C13H21F2N3/c1-9-11(10(2)18(3)17-9)12(8-16)4-6-13(14,15)7-5-12/h4-8,16H2,1-3H3. The average molecular weight is 257 g/mol. The normalized spacial score (nSPS) is 22.1. The summed E-state index contributed by atoms with van der Waals surface area (Å²) >= 11 is 0. The molecule has 0 aliphatic heterocycles. The third-order valence-electron chi connectivity index (χ3n) is 4.37. The molecule has 0 saturated heterocycles. The molecule has 18 heavy (non-hydrogen) atoms. The van der Waals surface area contributed by atoms with Crippen LogP contribution in [-0.2, 0) is 12.5 Å². The molecule has 0 amide bonds. The summed E-state index contributed by atoms with van der Waals surface area (Å²) < 4.78 is 28.5. The Kier molecular flexibility index (Phi) is 3.21. The van der Waals surface area contributed by atoms with E-state index in [0.29, 0.717) is 19.4 Å². The molecule has 0 unspecified atom stereocenters. The molecule has 5 heteroatoms. The second-order valence-corrected chi connectivity index (χ2v) is 5.51. The minimum Gasteiger partial charge on any atom is -0.330 e. The fourth-order valence-corrected chi connectivity index (χ4v) is 3.19. The SMILES string of the molecule is Cc1nn(C)c(C)c1C1(CN)CCC(F)(F)CC1. The lowest BCUT2D eigenvalue weighted by Gasteiger charge is -2.40. The van der Waals surface area contributed by atoms with Gasteiger partial charge in [0.05, 0.1) is 5.69 Å². The van der Waals surface area contributed by atoms with Gasteiger partial charge in [0.2, 0.25) is 5.92 Å². The predicted molar refractivity (Wildman–Crippen MR) is 66.8 cm³/mol. The van der Waals surface area contributed by atoms with Crippen LogP contribution in [0.2, 0.25) is 0 Å². The quantitative estimate of drug-likeness (QED) is 0.884. The number of halogens is 2. The average Bonchev–Trinajstić information content (AvgIpc) is 2.56. The molecule has 1 aromatic heterocycles. The van der Waals surface area contributed by atoms with E-state index < -0.39 is 5.92 Å². The van der Waals surface area contributed by atoms with E-state index in [1.807, 2.05) is 25.6 Å². The van der Waals surface area contributed by atoms with Crippen molar-refractivity contribution in [3.8, 4) is 0 Å². The molecule has 1 aliphatic rings. The summed E-state index contributed by atoms with van der Waals surface area (Å²) in [6.45, 7) is 4.34. The molecule has 1 aliphatic carbocycles. The van der Waals surface area contributed by atoms with Crippen LogP contribution in [0.5, 0.6) is 0 Å². The Morgan fingerprint density at radius 2 is 1.78 bits per heavy atom. The van der Waals surface area contributed by atoms with E-state index in [-0.39, 0.29) is 18.3 Å². The Balaban J connectivity index is 2.40. The van der Waals surface area contributed by atoms with Crippen molar-refractivity contribution in [1.29, 1.82) is 0 Å². The van der Waals surface area contributed by atoms with Gasteiger partial charge in [-0.1, -0.05) is 0 Å². The molecule has 1 aromatic rings. The smallest absolute Gasteiger partial charge is 0.248 e. The Bertz CT molecular complexity index is 441. The van der Waals surface area contributed by atoms with E-state index in [2.05, 4.69) is 5.10 Å². The highest BCUT2D eigenvalue weighted by Crippen LogP contribution is 2.46. The van der Waals surface area contributed by atoms with E-state index in [4.69, 9.17) is 5.73 Å². The zero-order valence-electron chi connectivity index (χ0n) is 11.3. The van der Waals surface area contributed by atoms with E-state index >= 15 is 0 Å². The lowest BCUT2D eigenvalue weighted by atomic mass is 9.67. The van der Waals surface area contributed by atoms with Gasteiger partial charge in [-0.15, -0.1) is 0 Å². The molecule has 0 bridgehead atoms. The van der Waals surface area contributed by atoms with Crippen molar-refractivity contribution in [2.75, 3.05) is 6.54 Å². The second kappa shape index (κ2) is 4.30. The Morgan fingerprint density at radius 1 is 1.22 bits per heavy atom. The predicted octanol–water partition coefficient (Wildman–Crippen LogP) is 2.44. The maximum absolute atomic E-state index is 13.3. The number of hydrogen-bond donors (Lipinski definition) is 1. The first-order valence-electron chi connectivity index (χ1n) is 6.40. The van der Waals surface area contributed by atoms with Gasteiger partial charge in [-0.3, -0.25) is 4.68 Å². The summed E-state index contributed by atoms with van der Waals surface area (Å²) in [7, 11) is 1.88. The van der Waals surface area contributed by atoms with Gasteiger partial charge in [-0.25, -0.2) is 8.78 Å². The number of alkyl halides is 2. The Labute approximate surface area is 106 Å². The first-order valence-corrected chi connectivity index (χ1v) is 6.40. The first-order chi connectivity index (χ1) is 8.31. The molecule has 0 aromatic carbocycles. The van der Waals surface area contributed by atoms with Gasteiger partial charge in [-0.05, 0) is 26.7 Å². The van der Waals surface area contributed by atoms with Crippen LogP contribution in [0.4, 0.5) is 8.78 Å². The largest absolute Gasteiger partial charge is 0.330 e. The van der Waals surface area contributed by atoms with Crippen LogP contribution in [-0.4, -0.2) is 22.2 Å². The fourth-order valence-electron chi connectivity index (χ4n) is 3.19. The maximum atomic E-state index is 13.3. The second-order valence-electron chi connectivity index (χ2n) is 5.51. The van der Waals surface area contributed by atoms with Crippen LogP contribution in [0, 0.1) is 13.8 Å². The monoisotopic (exact) mass is 257 g/mol. The van der Waals surface area contributed by atoms with Crippen molar-refractivity contribution in [2.45, 2.75) is 50.9 Å². The van der Waals surface area contributed by atoms with Crippen LogP contribution < -0.4 is 5.73 Å². The molecule has 1 heterocycles. The summed E-state index contributed by atoms with van der Waals surface area (Å²) in [5, 5.41) is 4.39. The molecule has 0 atom stereocenters. The zero-order chi connectivity index (χ0) is 13.6. The highest BCUT2D eigenvalue weighted by atomic mass is 19.3. The third-order valence-corrected chi connectivity index (χ3v) is 4.37. The highest BCUT2D eigenvalue weighted by Gasteiger charge is 2.45. The lowest BCUT2D eigenvalue weighted by molar-refractivity contribution is -0.0510. The Hall–Kier alpha value is -0.970. The topological polar surface area (TPSA) is 43.8 Å². The van der Waals surface area contributed by atoms with E-state index in [1.165, 1.54) is 0 Å². The van der Waals surface area contributed by atoms with Crippen molar-refractivity contribution in [1.82, 2.24) is 9.78 Å². The van der Waals surface area contributed by atoms with Gasteiger partial charge in [0.1, 0.15) is 0 Å². The Morgan fingerprint density at radius 3 is 2.17 bits per heavy atom. The first kappa shape index (κ1) is 13.5. The van der Waals surface area contributed by atoms with Crippen molar-refractivity contribution in [3.05, 3.63) is 17.0 Å². The molecule has 1 saturated carbocycles. The van der Waals surface area contributed by atoms with E-state index in [1.54, 1.807) is 0 Å². The van der Waals surface area contributed by atoms with E-state index in [0.717, 1.165) is 17.0 Å². The minimum absolute atomic E-state index is 0.0715. The van der Waals surface area contributed by atoms with Gasteiger partial charge in [0, 0.05) is 43.1 Å². The minimum atomic E-state index is -2.53. The molecule has 3 nitrogen and oxygen atoms in total. The molecular weight excluding hydrogens is 236 g/mol. The van der Waals surface area contributed by atoms with Crippen LogP contribution in [0.3, 0.4) is 0 Å². The van der Waals surface area contributed by atoms with Crippen molar-refractivity contribution < 1.29 is 8.78 Å². The number of aromatic nitrogens is 2. The summed E-state index contributed by atoms with van der Waals surface area (Å²) in [6, 6.07) is 0. The fraction of sp³-hybridized carbons (Fsp3) is 0.769. The van der Waals surface area contributed by atoms with Gasteiger partial charge in [0.15, 0.2) is 0 Å².